The number of rotatable bonds is 9. The Morgan fingerprint density at radius 2 is 2.06 bits per heavy atom. The van der Waals surface area contributed by atoms with Crippen LogP contribution in [0.1, 0.15) is 47.2 Å². The molecule has 1 saturated heterocycles. The molecule has 1 saturated carbocycles. The first-order valence-electron chi connectivity index (χ1n) is 12.1. The van der Waals surface area contributed by atoms with Crippen molar-refractivity contribution in [2.45, 2.75) is 37.0 Å². The van der Waals surface area contributed by atoms with Crippen molar-refractivity contribution in [3.05, 3.63) is 64.8 Å². The number of nitrogens with zero attached hydrogens (tertiary/aromatic N) is 5. The van der Waals surface area contributed by atoms with Gasteiger partial charge >= 0.3 is 0 Å². The molecule has 4 aromatic rings. The van der Waals surface area contributed by atoms with Crippen molar-refractivity contribution >= 4 is 52.0 Å². The summed E-state index contributed by atoms with van der Waals surface area (Å²) in [5.74, 6) is -0.197. The molecule has 2 N–H and O–H groups in total. The third-order valence-electron chi connectivity index (χ3n) is 6.40. The Bertz CT molecular complexity index is 1380. The molecule has 1 amide bonds. The largest absolute Gasteiger partial charge is 0.340 e. The van der Waals surface area contributed by atoms with Gasteiger partial charge in [0.25, 0.3) is 5.91 Å². The van der Waals surface area contributed by atoms with Gasteiger partial charge in [-0.25, -0.2) is 9.50 Å². The molecule has 0 radical (unpaired) electrons. The molecule has 36 heavy (non-hydrogen) atoms. The van der Waals surface area contributed by atoms with E-state index in [0.29, 0.717) is 15.3 Å². The molecule has 6 rings (SSSR count). The van der Waals surface area contributed by atoms with E-state index >= 15 is 0 Å². The highest BCUT2D eigenvalue weighted by Crippen LogP contribution is 2.35. The van der Waals surface area contributed by atoms with E-state index in [1.807, 2.05) is 30.6 Å². The summed E-state index contributed by atoms with van der Waals surface area (Å²) in [5, 5.41) is 9.35. The summed E-state index contributed by atoms with van der Waals surface area (Å²) in [5.41, 5.74) is 3.64. The summed E-state index contributed by atoms with van der Waals surface area (Å²) in [4.78, 5) is 25.7. The second-order valence-corrected chi connectivity index (χ2v) is 11.8. The number of halogens is 1. The molecule has 0 aromatic carbocycles. The lowest BCUT2D eigenvalue weighted by Gasteiger charge is -2.24. The minimum absolute atomic E-state index is 0.197. The Morgan fingerprint density at radius 1 is 1.19 bits per heavy atom. The SMILES string of the molecule is O=C(NC(CN1CCCC1)c1cc(NSC2CC2)ccn1)c1ncc(-c2cnn3ccc(Cl)cc23)s1. The van der Waals surface area contributed by atoms with Crippen molar-refractivity contribution in [1.82, 2.24) is 29.8 Å². The zero-order valence-electron chi connectivity index (χ0n) is 19.6. The van der Waals surface area contributed by atoms with Gasteiger partial charge in [0.05, 0.1) is 28.3 Å². The van der Waals surface area contributed by atoms with Crippen LogP contribution in [-0.2, 0) is 0 Å². The van der Waals surface area contributed by atoms with E-state index in [0.717, 1.165) is 47.0 Å². The number of nitrogens with one attached hydrogen (secondary N) is 2. The number of likely N-dealkylation sites (tertiary alicyclic amines) is 1. The van der Waals surface area contributed by atoms with Crippen LogP contribution in [0, 0.1) is 0 Å². The number of thiazole rings is 1. The lowest BCUT2D eigenvalue weighted by atomic mass is 10.1. The van der Waals surface area contributed by atoms with Gasteiger partial charge in [-0.1, -0.05) is 11.6 Å². The molecule has 2 aliphatic rings. The Labute approximate surface area is 222 Å². The van der Waals surface area contributed by atoms with Crippen molar-refractivity contribution in [2.24, 2.45) is 0 Å². The Kier molecular flexibility index (Phi) is 6.83. The van der Waals surface area contributed by atoms with E-state index in [1.165, 1.54) is 37.0 Å². The lowest BCUT2D eigenvalue weighted by Crippen LogP contribution is -2.37. The molecule has 4 aromatic heterocycles. The van der Waals surface area contributed by atoms with Crippen LogP contribution in [0.5, 0.6) is 0 Å². The molecule has 8 nitrogen and oxygen atoms in total. The van der Waals surface area contributed by atoms with Crippen LogP contribution in [0.15, 0.2) is 49.1 Å². The number of hydrogen-bond donors (Lipinski definition) is 2. The van der Waals surface area contributed by atoms with E-state index in [2.05, 4.69) is 30.0 Å². The molecule has 5 heterocycles. The summed E-state index contributed by atoms with van der Waals surface area (Å²) in [6.07, 6.45) is 12.0. The molecule has 1 unspecified atom stereocenters. The molecule has 11 heteroatoms. The maximum Gasteiger partial charge on any atom is 0.280 e. The van der Waals surface area contributed by atoms with Crippen LogP contribution in [-0.4, -0.2) is 55.3 Å². The molecule has 1 atom stereocenters. The number of amides is 1. The normalized spacial score (nSPS) is 16.9. The molecule has 0 spiro atoms. The number of anilines is 1. The van der Waals surface area contributed by atoms with E-state index in [1.54, 1.807) is 34.9 Å². The maximum atomic E-state index is 13.3. The topological polar surface area (TPSA) is 87.5 Å². The van der Waals surface area contributed by atoms with E-state index in [9.17, 15) is 4.79 Å². The Balaban J connectivity index is 1.22. The molecule has 186 valence electrons. The average Bonchev–Trinajstić information content (AvgIpc) is 3.25. The van der Waals surface area contributed by atoms with E-state index in [4.69, 9.17) is 11.6 Å². The van der Waals surface area contributed by atoms with Gasteiger partial charge in [0, 0.05) is 46.7 Å². The quantitative estimate of drug-likeness (QED) is 0.279. The first-order valence-corrected chi connectivity index (χ1v) is 14.2. The highest BCUT2D eigenvalue weighted by Gasteiger charge is 2.25. The second kappa shape index (κ2) is 10.4. The molecular weight excluding hydrogens is 514 g/mol. The highest BCUT2D eigenvalue weighted by atomic mass is 35.5. The van der Waals surface area contributed by atoms with Crippen molar-refractivity contribution < 1.29 is 4.79 Å². The van der Waals surface area contributed by atoms with Crippen LogP contribution >= 0.6 is 34.9 Å². The molecular formula is C25H26ClN7OS2. The van der Waals surface area contributed by atoms with Crippen molar-refractivity contribution in [1.29, 1.82) is 0 Å². The van der Waals surface area contributed by atoms with Crippen LogP contribution < -0.4 is 10.0 Å². The fourth-order valence-corrected chi connectivity index (χ4v) is 6.14. The molecule has 0 bridgehead atoms. The van der Waals surface area contributed by atoms with Gasteiger partial charge < -0.3 is 14.9 Å². The van der Waals surface area contributed by atoms with Crippen LogP contribution in [0.3, 0.4) is 0 Å². The van der Waals surface area contributed by atoms with Gasteiger partial charge in [0.2, 0.25) is 0 Å². The van der Waals surface area contributed by atoms with Gasteiger partial charge in [-0.2, -0.15) is 5.10 Å². The lowest BCUT2D eigenvalue weighted by molar-refractivity contribution is 0.0925. The van der Waals surface area contributed by atoms with Crippen LogP contribution in [0.2, 0.25) is 5.02 Å². The summed E-state index contributed by atoms with van der Waals surface area (Å²) in [7, 11) is 0. The number of aromatic nitrogens is 4. The molecule has 1 aliphatic carbocycles. The smallest absolute Gasteiger partial charge is 0.280 e. The zero-order chi connectivity index (χ0) is 24.5. The molecule has 2 fully saturated rings. The summed E-state index contributed by atoms with van der Waals surface area (Å²) < 4.78 is 5.21. The van der Waals surface area contributed by atoms with E-state index < -0.39 is 0 Å². The van der Waals surface area contributed by atoms with Gasteiger partial charge in [0.15, 0.2) is 5.01 Å². The first-order chi connectivity index (χ1) is 17.6. The van der Waals surface area contributed by atoms with Crippen LogP contribution in [0.4, 0.5) is 5.69 Å². The van der Waals surface area contributed by atoms with Crippen LogP contribution in [0.25, 0.3) is 16.0 Å². The number of fused-ring (bicyclic) bond motifs is 1. The van der Waals surface area contributed by atoms with E-state index in [-0.39, 0.29) is 11.9 Å². The predicted molar refractivity (Wildman–Crippen MR) is 146 cm³/mol. The fraction of sp³-hybridized carbons (Fsp3) is 0.360. The zero-order valence-corrected chi connectivity index (χ0v) is 22.0. The van der Waals surface area contributed by atoms with Gasteiger partial charge in [-0.3, -0.25) is 9.78 Å². The second-order valence-electron chi connectivity index (χ2n) is 9.19. The predicted octanol–water partition coefficient (Wildman–Crippen LogP) is 5.30. The number of carbonyl (C=O) groups is 1. The summed E-state index contributed by atoms with van der Waals surface area (Å²) in [6.45, 7) is 2.81. The first kappa shape index (κ1) is 23.7. The van der Waals surface area contributed by atoms with Crippen molar-refractivity contribution in [3.8, 4) is 10.4 Å². The highest BCUT2D eigenvalue weighted by molar-refractivity contribution is 8.01. The molecule has 1 aliphatic heterocycles. The van der Waals surface area contributed by atoms with Crippen molar-refractivity contribution in [3.63, 3.8) is 0 Å². The maximum absolute atomic E-state index is 13.3. The number of carbonyl (C=O) groups excluding carboxylic acids is 1. The van der Waals surface area contributed by atoms with Gasteiger partial charge in [-0.05, 0) is 75.0 Å². The number of pyridine rings is 2. The van der Waals surface area contributed by atoms with Crippen molar-refractivity contribution in [2.75, 3.05) is 24.4 Å². The van der Waals surface area contributed by atoms with Gasteiger partial charge in [0.1, 0.15) is 0 Å². The Morgan fingerprint density at radius 3 is 2.89 bits per heavy atom. The number of hydrogen-bond acceptors (Lipinski definition) is 8. The minimum Gasteiger partial charge on any atom is -0.340 e. The van der Waals surface area contributed by atoms with Gasteiger partial charge in [-0.15, -0.1) is 11.3 Å². The monoisotopic (exact) mass is 539 g/mol. The fourth-order valence-electron chi connectivity index (χ4n) is 4.34. The summed E-state index contributed by atoms with van der Waals surface area (Å²) in [6, 6.07) is 7.45. The standard InChI is InChI=1S/C25H26ClN7OS2/c26-16-6-10-33-22(11-16)19(13-29-33)23-14-28-25(35-23)24(34)30-21(15-32-8-1-2-9-32)20-12-17(5-7-27-20)31-36-18-3-4-18/h5-7,10-14,18,21H,1-4,8-9,15H2,(H,27,31)(H,30,34). The average molecular weight is 540 g/mol. The minimum atomic E-state index is -0.230. The Hall–Kier alpha value is -2.66. The summed E-state index contributed by atoms with van der Waals surface area (Å²) >= 11 is 9.31. The third kappa shape index (κ3) is 5.36. The third-order valence-corrected chi connectivity index (χ3v) is 8.82.